The molecule has 1 N–H and O–H groups in total. The number of aromatic nitrogens is 2. The molecule has 1 saturated heterocycles. The van der Waals surface area contributed by atoms with E-state index in [0.717, 1.165) is 16.8 Å². The van der Waals surface area contributed by atoms with Gasteiger partial charge in [0.2, 0.25) is 0 Å². The number of ether oxygens (including phenoxy) is 1. The van der Waals surface area contributed by atoms with Crippen LogP contribution in [0.1, 0.15) is 29.2 Å². The van der Waals surface area contributed by atoms with Crippen LogP contribution in [-0.2, 0) is 4.74 Å². The van der Waals surface area contributed by atoms with Crippen LogP contribution in [0.4, 0.5) is 4.39 Å². The van der Waals surface area contributed by atoms with E-state index >= 15 is 0 Å². The molecule has 17 heavy (non-hydrogen) atoms. The summed E-state index contributed by atoms with van der Waals surface area (Å²) in [6, 6.07) is 1.09. The molecule has 0 unspecified atom stereocenters. The van der Waals surface area contributed by atoms with Crippen LogP contribution in [0, 0.1) is 5.92 Å². The van der Waals surface area contributed by atoms with Gasteiger partial charge in [0.1, 0.15) is 0 Å². The molecule has 1 fully saturated rings. The number of H-pyrrole nitrogens is 1. The van der Waals surface area contributed by atoms with Crippen LogP contribution in [-0.4, -0.2) is 21.8 Å². The molecule has 0 bridgehead atoms. The second-order valence-corrected chi connectivity index (χ2v) is 4.06. The summed E-state index contributed by atoms with van der Waals surface area (Å²) >= 11 is 0. The lowest BCUT2D eigenvalue weighted by atomic mass is 10.00. The van der Waals surface area contributed by atoms with E-state index in [-0.39, 0.29) is 0 Å². The molecule has 0 aliphatic carbocycles. The van der Waals surface area contributed by atoms with Gasteiger partial charge in [0.25, 0.3) is 5.56 Å². The predicted octanol–water partition coefficient (Wildman–Crippen LogP) is 0.818. The first-order chi connectivity index (χ1) is 8.71. The summed E-state index contributed by atoms with van der Waals surface area (Å²) in [6.45, 7) is 2.84. The van der Waals surface area contributed by atoms with Gasteiger partial charge in [-0.1, -0.05) is 13.8 Å². The summed E-state index contributed by atoms with van der Waals surface area (Å²) in [5.41, 5.74) is -1.35. The molecule has 6 heteroatoms. The molecule has 94 valence electrons. The molecule has 2 rings (SSSR count). The van der Waals surface area contributed by atoms with Gasteiger partial charge in [-0.2, -0.15) is 0 Å². The summed E-state index contributed by atoms with van der Waals surface area (Å²) < 4.78 is 35.7. The first kappa shape index (κ1) is 9.58. The average molecular weight is 244 g/mol. The zero-order valence-corrected chi connectivity index (χ0v) is 9.51. The average Bonchev–Trinajstić information content (AvgIpc) is 2.56. The van der Waals surface area contributed by atoms with Crippen LogP contribution in [0.2, 0.25) is 0 Å². The number of alkyl halides is 1. The molecular weight excluding hydrogens is 227 g/mol. The minimum Gasteiger partial charge on any atom is -0.351 e. The normalized spacial score (nSPS) is 35.5. The van der Waals surface area contributed by atoms with Crippen molar-refractivity contribution in [2.45, 2.75) is 38.7 Å². The lowest BCUT2D eigenvalue weighted by molar-refractivity contribution is -0.0236. The van der Waals surface area contributed by atoms with Gasteiger partial charge < -0.3 is 4.74 Å². The third kappa shape index (κ3) is 2.04. The fourth-order valence-electron chi connectivity index (χ4n) is 1.95. The minimum atomic E-state index is -1.72. The van der Waals surface area contributed by atoms with Crippen molar-refractivity contribution in [3.8, 4) is 0 Å². The minimum absolute atomic E-state index is 0.579. The Balaban J connectivity index is 2.37. The summed E-state index contributed by atoms with van der Waals surface area (Å²) in [5, 5.41) is 0. The van der Waals surface area contributed by atoms with Gasteiger partial charge in [0.15, 0.2) is 12.4 Å². The fourth-order valence-corrected chi connectivity index (χ4v) is 1.95. The standard InChI is InChI=1S/C11H15FN2O3/c1-3-7-6(2)9(12)10(17-7)14-5-4-8(15)13-11(14)16/h4-7,9-10H,3H2,1-2H3,(H,13,15,16)/t6-,7-,9-,10-/m1/s1/i3D2. The van der Waals surface area contributed by atoms with Gasteiger partial charge >= 0.3 is 5.69 Å². The molecule has 0 radical (unpaired) electrons. The van der Waals surface area contributed by atoms with E-state index in [2.05, 4.69) is 0 Å². The van der Waals surface area contributed by atoms with Gasteiger partial charge in [0.05, 0.1) is 6.10 Å². The lowest BCUT2D eigenvalue weighted by Crippen LogP contribution is -2.34. The number of hydrogen-bond donors (Lipinski definition) is 1. The third-order valence-corrected chi connectivity index (χ3v) is 2.95. The third-order valence-electron chi connectivity index (χ3n) is 2.95. The summed E-state index contributed by atoms with van der Waals surface area (Å²) in [7, 11) is 0. The Morgan fingerprint density at radius 3 is 2.88 bits per heavy atom. The Bertz CT molecular complexity index is 580. The highest BCUT2D eigenvalue weighted by Crippen LogP contribution is 2.36. The van der Waals surface area contributed by atoms with E-state index in [1.807, 2.05) is 4.98 Å². The van der Waals surface area contributed by atoms with Crippen molar-refractivity contribution in [1.82, 2.24) is 9.55 Å². The number of nitrogens with zero attached hydrogens (tertiary/aromatic N) is 1. The molecule has 5 nitrogen and oxygen atoms in total. The molecule has 4 atom stereocenters. The summed E-state index contributed by atoms with van der Waals surface area (Å²) in [5.74, 6) is -0.691. The monoisotopic (exact) mass is 244 g/mol. The highest BCUT2D eigenvalue weighted by molar-refractivity contribution is 4.91. The smallest absolute Gasteiger partial charge is 0.330 e. The molecule has 1 aromatic rings. The van der Waals surface area contributed by atoms with Gasteiger partial charge in [-0.15, -0.1) is 0 Å². The second-order valence-electron chi connectivity index (χ2n) is 4.06. The van der Waals surface area contributed by atoms with Gasteiger partial charge in [-0.3, -0.25) is 14.3 Å². The molecule has 0 amide bonds. The van der Waals surface area contributed by atoms with Crippen LogP contribution in [0.5, 0.6) is 0 Å². The van der Waals surface area contributed by atoms with E-state index in [4.69, 9.17) is 7.48 Å². The van der Waals surface area contributed by atoms with Crippen molar-refractivity contribution >= 4 is 0 Å². The number of rotatable bonds is 2. The van der Waals surface area contributed by atoms with Gasteiger partial charge in [-0.05, 0) is 6.37 Å². The number of hydrogen-bond acceptors (Lipinski definition) is 3. The highest BCUT2D eigenvalue weighted by Gasteiger charge is 2.42. The quantitative estimate of drug-likeness (QED) is 0.837. The number of nitrogens with one attached hydrogen (secondary N) is 1. The predicted molar refractivity (Wildman–Crippen MR) is 59.6 cm³/mol. The topological polar surface area (TPSA) is 64.1 Å². The lowest BCUT2D eigenvalue weighted by Gasteiger charge is -2.15. The highest BCUT2D eigenvalue weighted by atomic mass is 19.1. The fraction of sp³-hybridized carbons (Fsp3) is 0.636. The Labute approximate surface area is 100 Å². The Kier molecular flexibility index (Phi) is 2.51. The van der Waals surface area contributed by atoms with Crippen LogP contribution in [0.25, 0.3) is 0 Å². The molecule has 0 saturated carbocycles. The first-order valence-corrected chi connectivity index (χ1v) is 5.33. The van der Waals surface area contributed by atoms with Gasteiger partial charge in [-0.25, -0.2) is 9.18 Å². The van der Waals surface area contributed by atoms with E-state index < -0.39 is 42.0 Å². The summed E-state index contributed by atoms with van der Waals surface area (Å²) in [4.78, 5) is 24.6. The Morgan fingerprint density at radius 2 is 2.35 bits per heavy atom. The molecule has 0 spiro atoms. The number of aromatic amines is 1. The van der Waals surface area contributed by atoms with E-state index in [1.54, 1.807) is 0 Å². The van der Waals surface area contributed by atoms with Crippen LogP contribution in [0.3, 0.4) is 0 Å². The van der Waals surface area contributed by atoms with Gasteiger partial charge in [0, 0.05) is 20.9 Å². The Hall–Kier alpha value is -1.43. The van der Waals surface area contributed by atoms with Crippen LogP contribution < -0.4 is 11.2 Å². The maximum absolute atomic E-state index is 14.2. The molecule has 1 aliphatic heterocycles. The van der Waals surface area contributed by atoms with Crippen molar-refractivity contribution in [3.63, 3.8) is 0 Å². The largest absolute Gasteiger partial charge is 0.351 e. The first-order valence-electron chi connectivity index (χ1n) is 6.33. The van der Waals surface area contributed by atoms with E-state index in [0.29, 0.717) is 0 Å². The molecular formula is C11H15FN2O3. The van der Waals surface area contributed by atoms with Crippen molar-refractivity contribution < 1.29 is 11.9 Å². The van der Waals surface area contributed by atoms with E-state index in [9.17, 15) is 14.0 Å². The zero-order valence-electron chi connectivity index (χ0n) is 11.5. The van der Waals surface area contributed by atoms with Crippen molar-refractivity contribution in [2.75, 3.05) is 0 Å². The van der Waals surface area contributed by atoms with Crippen molar-refractivity contribution in [1.29, 1.82) is 0 Å². The summed E-state index contributed by atoms with van der Waals surface area (Å²) in [6.07, 6.45) is -4.27. The van der Waals surface area contributed by atoms with Crippen molar-refractivity contribution in [2.24, 2.45) is 5.92 Å². The zero-order chi connectivity index (χ0) is 14.4. The molecule has 0 aromatic carbocycles. The second kappa shape index (κ2) is 4.44. The SMILES string of the molecule is [2H]C([2H])(C)[C@H]1O[C@@H](n2ccc(=O)[nH]c2=O)[C@H](F)[C@@H]1C. The molecule has 1 aliphatic rings. The number of halogens is 1. The van der Waals surface area contributed by atoms with Crippen LogP contribution >= 0.6 is 0 Å². The van der Waals surface area contributed by atoms with Crippen LogP contribution in [0.15, 0.2) is 21.9 Å². The maximum Gasteiger partial charge on any atom is 0.330 e. The van der Waals surface area contributed by atoms with E-state index in [1.165, 1.54) is 13.8 Å². The Morgan fingerprint density at radius 1 is 1.65 bits per heavy atom. The molecule has 2 heterocycles. The maximum atomic E-state index is 14.2. The molecule has 1 aromatic heterocycles. The van der Waals surface area contributed by atoms with Crippen molar-refractivity contribution in [3.05, 3.63) is 33.1 Å².